The minimum Gasteiger partial charge on any atom is -0.497 e. The predicted molar refractivity (Wildman–Crippen MR) is 251 cm³/mol. The number of nitrogens with one attached hydrogen (secondary N) is 3. The molecule has 6 rings (SSSR count). The molecule has 6 aromatic rings. The first-order valence-corrected chi connectivity index (χ1v) is 24.3. The summed E-state index contributed by atoms with van der Waals surface area (Å²) in [7, 11) is -5.96. The lowest BCUT2D eigenvalue weighted by Crippen LogP contribution is -2.47. The van der Waals surface area contributed by atoms with Crippen LogP contribution in [-0.2, 0) is 49.2 Å². The number of carbonyl (C=O) groups is 2. The number of nitrogens with zero attached hydrogens (tertiary/aromatic N) is 6. The predicted octanol–water partition coefficient (Wildman–Crippen LogP) is 5.53. The topological polar surface area (TPSA) is 255 Å². The largest absolute Gasteiger partial charge is 0.497 e. The third-order valence-electron chi connectivity index (χ3n) is 10.2. The fraction of sp³-hybridized carbons (Fsp3) is 0.304. The summed E-state index contributed by atoms with van der Waals surface area (Å²) in [4.78, 5) is 28.1. The molecular weight excluding hydrogens is 976 g/mol. The molecule has 0 aliphatic carbocycles. The Morgan fingerprint density at radius 3 is 1.83 bits per heavy atom. The summed E-state index contributed by atoms with van der Waals surface area (Å²) in [5.74, 6) is -1.97. The number of tetrazole rings is 1. The summed E-state index contributed by atoms with van der Waals surface area (Å²) < 4.78 is 127. The zero-order valence-electron chi connectivity index (χ0n) is 39.1. The number of alkyl carbamates (subject to hydrolysis) is 1. The van der Waals surface area contributed by atoms with E-state index in [0.717, 1.165) is 27.3 Å². The number of aromatic nitrogens is 5. The number of aliphatic hydroxyl groups is 1. The van der Waals surface area contributed by atoms with Crippen molar-refractivity contribution < 1.29 is 63.6 Å². The van der Waals surface area contributed by atoms with Crippen molar-refractivity contribution in [3.8, 4) is 39.9 Å². The van der Waals surface area contributed by atoms with Crippen LogP contribution in [0.25, 0.3) is 22.6 Å². The summed E-state index contributed by atoms with van der Waals surface area (Å²) in [6.07, 6.45) is -6.26. The van der Waals surface area contributed by atoms with Gasteiger partial charge >= 0.3 is 18.2 Å². The van der Waals surface area contributed by atoms with Crippen LogP contribution >= 0.6 is 0 Å². The van der Waals surface area contributed by atoms with Crippen molar-refractivity contribution in [3.63, 3.8) is 0 Å². The van der Waals surface area contributed by atoms with Gasteiger partial charge in [-0.15, -0.1) is 10.2 Å². The molecule has 71 heavy (non-hydrogen) atoms. The molecule has 2 heterocycles. The van der Waals surface area contributed by atoms with E-state index in [-0.39, 0.29) is 30.9 Å². The summed E-state index contributed by atoms with van der Waals surface area (Å²) in [5, 5.41) is 27.4. The Hall–Kier alpha value is -7.19. The van der Waals surface area contributed by atoms with Crippen LogP contribution in [0, 0.1) is 0 Å². The van der Waals surface area contributed by atoms with Gasteiger partial charge < -0.3 is 34.7 Å². The Kier molecular flexibility index (Phi) is 16.7. The van der Waals surface area contributed by atoms with Crippen molar-refractivity contribution in [2.45, 2.75) is 68.0 Å². The number of halogens is 3. The van der Waals surface area contributed by atoms with Crippen molar-refractivity contribution in [3.05, 3.63) is 120 Å². The van der Waals surface area contributed by atoms with Gasteiger partial charge in [0.15, 0.2) is 0 Å². The summed E-state index contributed by atoms with van der Waals surface area (Å²) in [6.45, 7) is 2.56. The lowest BCUT2D eigenvalue weighted by molar-refractivity contribution is -0.167. The van der Waals surface area contributed by atoms with Crippen molar-refractivity contribution in [1.29, 1.82) is 0 Å². The van der Waals surface area contributed by atoms with Crippen LogP contribution in [0.2, 0.25) is 0 Å². The van der Waals surface area contributed by atoms with E-state index in [2.05, 4.69) is 30.4 Å². The van der Waals surface area contributed by atoms with E-state index in [9.17, 15) is 36.3 Å². The molecule has 0 aliphatic heterocycles. The lowest BCUT2D eigenvalue weighted by atomic mass is 10.0. The second-order valence-electron chi connectivity index (χ2n) is 16.5. The Morgan fingerprint density at radius 1 is 0.775 bits per heavy atom. The van der Waals surface area contributed by atoms with Gasteiger partial charge in [0, 0.05) is 25.2 Å². The Labute approximate surface area is 407 Å². The second kappa shape index (κ2) is 22.3. The van der Waals surface area contributed by atoms with Crippen molar-refractivity contribution in [2.24, 2.45) is 0 Å². The normalized spacial score (nSPS) is 12.5. The quantitative estimate of drug-likeness (QED) is 0.0733. The number of rotatable bonds is 20. The minimum absolute atomic E-state index is 0.0466. The van der Waals surface area contributed by atoms with E-state index in [4.69, 9.17) is 18.9 Å². The smallest absolute Gasteiger partial charge is 0.471 e. The molecule has 0 radical (unpaired) electrons. The first-order chi connectivity index (χ1) is 33.5. The molecule has 0 fully saturated rings. The van der Waals surface area contributed by atoms with E-state index >= 15 is 8.42 Å². The fourth-order valence-corrected chi connectivity index (χ4v) is 10.4. The SMILES string of the molecule is COc1ccc(CN(Cc2ccc(OC)cc2)S(=O)(=O)c2c(S(=O)(=O)NC(CO)CNC(=O)OC(C)(C)C)ccc(-c3cccc(NC(=O)C(F)(F)F)n3)c2-c2nnn(Cc3ccc(OC)cc3)n2)cc1. The van der Waals surface area contributed by atoms with Gasteiger partial charge in [0.1, 0.15) is 38.5 Å². The molecule has 1 atom stereocenters. The molecule has 0 bridgehead atoms. The van der Waals surface area contributed by atoms with E-state index < -0.39 is 90.0 Å². The van der Waals surface area contributed by atoms with E-state index in [1.165, 1.54) is 33.5 Å². The maximum absolute atomic E-state index is 16.0. The number of alkyl halides is 3. The summed E-state index contributed by atoms with van der Waals surface area (Å²) in [6, 6.07) is 23.7. The number of sulfonamides is 2. The fourth-order valence-electron chi connectivity index (χ4n) is 6.78. The van der Waals surface area contributed by atoms with E-state index in [0.29, 0.717) is 33.9 Å². The number of benzene rings is 4. The summed E-state index contributed by atoms with van der Waals surface area (Å²) in [5.41, 5.74) is -0.461. The van der Waals surface area contributed by atoms with Crippen LogP contribution in [0.15, 0.2) is 113 Å². The van der Waals surface area contributed by atoms with Gasteiger partial charge in [-0.2, -0.15) is 22.3 Å². The highest BCUT2D eigenvalue weighted by atomic mass is 32.2. The third-order valence-corrected chi connectivity index (χ3v) is 13.7. The molecule has 1 unspecified atom stereocenters. The Bertz CT molecular complexity index is 3000. The second-order valence-corrected chi connectivity index (χ2v) is 20.1. The van der Waals surface area contributed by atoms with Crippen LogP contribution in [0.1, 0.15) is 37.5 Å². The maximum atomic E-state index is 16.0. The van der Waals surface area contributed by atoms with E-state index in [1.54, 1.807) is 98.9 Å². The number of carbonyl (C=O) groups excluding carboxylic acids is 2. The average molecular weight is 1030 g/mol. The van der Waals surface area contributed by atoms with Gasteiger partial charge in [-0.25, -0.2) is 31.3 Å². The highest BCUT2D eigenvalue weighted by Crippen LogP contribution is 2.41. The van der Waals surface area contributed by atoms with Crippen LogP contribution < -0.4 is 29.6 Å². The number of methoxy groups -OCH3 is 3. The number of aliphatic hydroxyl groups excluding tert-OH is 1. The molecule has 25 heteroatoms. The van der Waals surface area contributed by atoms with Crippen LogP contribution in [-0.4, -0.2) is 116 Å². The standard InChI is InChI=1S/C46H50F3N9O11S2/c1-45(2,3)69-44(61)50-24-32(28-59)55-70(62,63)38-23-22-36(37-8-7-9-39(51-37)52-43(60)46(47,48)49)40(42-53-56-58(54-42)27-31-14-20-35(68-6)21-15-31)41(38)71(64,65)57(25-29-10-16-33(66-4)17-11-29)26-30-12-18-34(67-5)19-13-30/h7-23,32,55,59H,24-28H2,1-6H3,(H,50,61)(H,51,52,60). The summed E-state index contributed by atoms with van der Waals surface area (Å²) >= 11 is 0. The molecule has 378 valence electrons. The molecule has 4 aromatic carbocycles. The van der Waals surface area contributed by atoms with Crippen LogP contribution in [0.3, 0.4) is 0 Å². The maximum Gasteiger partial charge on any atom is 0.471 e. The third kappa shape index (κ3) is 13.8. The first kappa shape index (κ1) is 53.2. The number of pyridine rings is 1. The molecule has 2 aromatic heterocycles. The zero-order chi connectivity index (χ0) is 51.7. The van der Waals surface area contributed by atoms with Gasteiger partial charge in [-0.05, 0) is 97.3 Å². The van der Waals surface area contributed by atoms with Crippen LogP contribution in [0.5, 0.6) is 17.2 Å². The number of hydrogen-bond donors (Lipinski definition) is 4. The minimum atomic E-state index is -5.31. The highest BCUT2D eigenvalue weighted by molar-refractivity contribution is 7.92. The first-order valence-electron chi connectivity index (χ1n) is 21.3. The molecule has 0 spiro atoms. The molecular formula is C46H50F3N9O11S2. The average Bonchev–Trinajstić information content (AvgIpc) is 3.80. The van der Waals surface area contributed by atoms with Gasteiger partial charge in [0.25, 0.3) is 0 Å². The van der Waals surface area contributed by atoms with Gasteiger partial charge in [-0.1, -0.05) is 48.5 Å². The molecule has 20 nitrogen and oxygen atoms in total. The van der Waals surface area contributed by atoms with Gasteiger partial charge in [-0.3, -0.25) is 4.79 Å². The van der Waals surface area contributed by atoms with Crippen LogP contribution in [0.4, 0.5) is 23.8 Å². The van der Waals surface area contributed by atoms with Gasteiger partial charge in [0.05, 0.1) is 51.8 Å². The molecule has 0 aliphatic rings. The monoisotopic (exact) mass is 1030 g/mol. The number of anilines is 1. The molecule has 4 N–H and O–H groups in total. The lowest BCUT2D eigenvalue weighted by Gasteiger charge is -2.27. The molecule has 0 saturated carbocycles. The Morgan fingerprint density at radius 2 is 1.32 bits per heavy atom. The van der Waals surface area contributed by atoms with Crippen molar-refractivity contribution in [1.82, 2.24) is 39.5 Å². The Balaban J connectivity index is 1.63. The highest BCUT2D eigenvalue weighted by Gasteiger charge is 2.40. The number of ether oxygens (including phenoxy) is 4. The van der Waals surface area contributed by atoms with Gasteiger partial charge in [0.2, 0.25) is 25.9 Å². The molecule has 0 saturated heterocycles. The number of amides is 2. The van der Waals surface area contributed by atoms with E-state index in [1.807, 2.05) is 0 Å². The zero-order valence-corrected chi connectivity index (χ0v) is 40.7. The van der Waals surface area contributed by atoms with Crippen molar-refractivity contribution >= 4 is 37.9 Å². The van der Waals surface area contributed by atoms with Crippen molar-refractivity contribution in [2.75, 3.05) is 39.8 Å². The molecule has 2 amide bonds. The number of hydrogen-bond acceptors (Lipinski definition) is 15.